The Morgan fingerprint density at radius 3 is 2.84 bits per heavy atom. The fourth-order valence-corrected chi connectivity index (χ4v) is 1.55. The molecular formula is C14H18N4O. The molecule has 1 N–H and O–H groups in total. The zero-order valence-electron chi connectivity index (χ0n) is 11.3. The Morgan fingerprint density at radius 2 is 2.16 bits per heavy atom. The summed E-state index contributed by atoms with van der Waals surface area (Å²) in [6, 6.07) is 5.48. The number of aromatic nitrogens is 3. The molecule has 2 aromatic heterocycles. The first-order valence-electron chi connectivity index (χ1n) is 6.51. The SMILES string of the molecule is CCCNc1cc(Oc2cccnc2)nc(CC)n1. The molecule has 0 saturated carbocycles. The molecule has 0 aliphatic carbocycles. The van der Waals surface area contributed by atoms with Gasteiger partial charge in [0.1, 0.15) is 17.4 Å². The molecule has 0 aliphatic heterocycles. The van der Waals surface area contributed by atoms with Crippen LogP contribution in [0.25, 0.3) is 0 Å². The monoisotopic (exact) mass is 258 g/mol. The van der Waals surface area contributed by atoms with E-state index in [1.807, 2.05) is 25.1 Å². The molecule has 0 radical (unpaired) electrons. The van der Waals surface area contributed by atoms with Crippen LogP contribution >= 0.6 is 0 Å². The van der Waals surface area contributed by atoms with E-state index in [0.29, 0.717) is 11.6 Å². The zero-order valence-corrected chi connectivity index (χ0v) is 11.3. The molecule has 100 valence electrons. The highest BCUT2D eigenvalue weighted by molar-refractivity contribution is 5.39. The average molecular weight is 258 g/mol. The second kappa shape index (κ2) is 6.68. The quantitative estimate of drug-likeness (QED) is 0.863. The molecule has 5 nitrogen and oxygen atoms in total. The maximum atomic E-state index is 5.69. The van der Waals surface area contributed by atoms with Crippen molar-refractivity contribution in [1.82, 2.24) is 15.0 Å². The number of nitrogens with zero attached hydrogens (tertiary/aromatic N) is 3. The molecule has 2 rings (SSSR count). The van der Waals surface area contributed by atoms with Crippen molar-refractivity contribution in [3.63, 3.8) is 0 Å². The van der Waals surface area contributed by atoms with Crippen LogP contribution < -0.4 is 10.1 Å². The smallest absolute Gasteiger partial charge is 0.224 e. The molecule has 2 heterocycles. The summed E-state index contributed by atoms with van der Waals surface area (Å²) < 4.78 is 5.69. The fraction of sp³-hybridized carbons (Fsp3) is 0.357. The van der Waals surface area contributed by atoms with Crippen LogP contribution in [0.2, 0.25) is 0 Å². The lowest BCUT2D eigenvalue weighted by atomic mass is 10.4. The molecule has 0 bridgehead atoms. The molecule has 5 heteroatoms. The van der Waals surface area contributed by atoms with Gasteiger partial charge in [0, 0.05) is 25.2 Å². The van der Waals surface area contributed by atoms with Crippen LogP contribution in [0.3, 0.4) is 0 Å². The highest BCUT2D eigenvalue weighted by Gasteiger charge is 2.05. The van der Waals surface area contributed by atoms with Crippen molar-refractivity contribution in [2.24, 2.45) is 0 Å². The Hall–Kier alpha value is -2.17. The third-order valence-corrected chi connectivity index (χ3v) is 2.48. The van der Waals surface area contributed by atoms with E-state index in [-0.39, 0.29) is 0 Å². The number of nitrogens with one attached hydrogen (secondary N) is 1. The van der Waals surface area contributed by atoms with Gasteiger partial charge in [0.2, 0.25) is 5.88 Å². The lowest BCUT2D eigenvalue weighted by molar-refractivity contribution is 0.457. The van der Waals surface area contributed by atoms with E-state index in [1.54, 1.807) is 12.4 Å². The maximum Gasteiger partial charge on any atom is 0.224 e. The van der Waals surface area contributed by atoms with Crippen molar-refractivity contribution >= 4 is 5.82 Å². The fourth-order valence-electron chi connectivity index (χ4n) is 1.55. The standard InChI is InChI=1S/C14H18N4O/c1-3-7-16-13-9-14(18-12(4-2)17-13)19-11-6-5-8-15-10-11/h5-6,8-10H,3-4,7H2,1-2H3,(H,16,17,18). The maximum absolute atomic E-state index is 5.69. The zero-order chi connectivity index (χ0) is 13.5. The molecular weight excluding hydrogens is 240 g/mol. The van der Waals surface area contributed by atoms with Crippen LogP contribution in [-0.4, -0.2) is 21.5 Å². The predicted octanol–water partition coefficient (Wildman–Crippen LogP) is 3.05. The van der Waals surface area contributed by atoms with E-state index in [0.717, 1.165) is 31.0 Å². The number of ether oxygens (including phenoxy) is 1. The van der Waals surface area contributed by atoms with Crippen molar-refractivity contribution < 1.29 is 4.74 Å². The van der Waals surface area contributed by atoms with Crippen LogP contribution in [0.15, 0.2) is 30.6 Å². The second-order valence-corrected chi connectivity index (χ2v) is 4.08. The highest BCUT2D eigenvalue weighted by Crippen LogP contribution is 2.20. The van der Waals surface area contributed by atoms with Gasteiger partial charge in [-0.25, -0.2) is 4.98 Å². The van der Waals surface area contributed by atoms with Crippen LogP contribution in [-0.2, 0) is 6.42 Å². The number of pyridine rings is 1. The lowest BCUT2D eigenvalue weighted by Crippen LogP contribution is -2.05. The van der Waals surface area contributed by atoms with Crippen LogP contribution in [0, 0.1) is 0 Å². The molecule has 0 unspecified atom stereocenters. The molecule has 19 heavy (non-hydrogen) atoms. The Bertz CT molecular complexity index is 516. The molecule has 0 spiro atoms. The van der Waals surface area contributed by atoms with Crippen LogP contribution in [0.5, 0.6) is 11.6 Å². The van der Waals surface area contributed by atoms with Gasteiger partial charge in [-0.1, -0.05) is 13.8 Å². The number of rotatable bonds is 6. The summed E-state index contributed by atoms with van der Waals surface area (Å²) in [7, 11) is 0. The number of hydrogen-bond acceptors (Lipinski definition) is 5. The predicted molar refractivity (Wildman–Crippen MR) is 74.5 cm³/mol. The van der Waals surface area contributed by atoms with Gasteiger partial charge >= 0.3 is 0 Å². The molecule has 2 aromatic rings. The van der Waals surface area contributed by atoms with Crippen LogP contribution in [0.1, 0.15) is 26.1 Å². The van der Waals surface area contributed by atoms with Gasteiger partial charge in [-0.15, -0.1) is 0 Å². The van der Waals surface area contributed by atoms with Crippen molar-refractivity contribution in [3.05, 3.63) is 36.4 Å². The highest BCUT2D eigenvalue weighted by atomic mass is 16.5. The minimum atomic E-state index is 0.540. The largest absolute Gasteiger partial charge is 0.437 e. The summed E-state index contributed by atoms with van der Waals surface area (Å²) in [4.78, 5) is 12.8. The Labute approximate surface area is 113 Å². The minimum Gasteiger partial charge on any atom is -0.437 e. The number of anilines is 1. The summed E-state index contributed by atoms with van der Waals surface area (Å²) in [5, 5.41) is 3.25. The normalized spacial score (nSPS) is 10.2. The van der Waals surface area contributed by atoms with Gasteiger partial charge in [0.15, 0.2) is 0 Å². The molecule has 0 saturated heterocycles. The minimum absolute atomic E-state index is 0.540. The Morgan fingerprint density at radius 1 is 1.26 bits per heavy atom. The molecule has 0 fully saturated rings. The van der Waals surface area contributed by atoms with Gasteiger partial charge < -0.3 is 10.1 Å². The topological polar surface area (TPSA) is 59.9 Å². The Kier molecular flexibility index (Phi) is 4.66. The third kappa shape index (κ3) is 3.91. The molecule has 0 aliphatic rings. The summed E-state index contributed by atoms with van der Waals surface area (Å²) >= 11 is 0. The average Bonchev–Trinajstić information content (AvgIpc) is 2.46. The van der Waals surface area contributed by atoms with E-state index in [4.69, 9.17) is 4.74 Å². The summed E-state index contributed by atoms with van der Waals surface area (Å²) in [5.41, 5.74) is 0. The number of aryl methyl sites for hydroxylation is 1. The van der Waals surface area contributed by atoms with Gasteiger partial charge in [0.25, 0.3) is 0 Å². The van der Waals surface area contributed by atoms with E-state index in [2.05, 4.69) is 27.2 Å². The first-order valence-corrected chi connectivity index (χ1v) is 6.51. The summed E-state index contributed by atoms with van der Waals surface area (Å²) in [6.07, 6.45) is 5.18. The lowest BCUT2D eigenvalue weighted by Gasteiger charge is -2.09. The second-order valence-electron chi connectivity index (χ2n) is 4.08. The van der Waals surface area contributed by atoms with E-state index in [9.17, 15) is 0 Å². The first kappa shape index (κ1) is 13.3. The summed E-state index contributed by atoms with van der Waals surface area (Å²) in [6.45, 7) is 5.02. The third-order valence-electron chi connectivity index (χ3n) is 2.48. The van der Waals surface area contributed by atoms with Gasteiger partial charge in [-0.05, 0) is 18.6 Å². The molecule has 0 atom stereocenters. The van der Waals surface area contributed by atoms with Crippen molar-refractivity contribution in [2.75, 3.05) is 11.9 Å². The van der Waals surface area contributed by atoms with Gasteiger partial charge in [0.05, 0.1) is 6.20 Å². The van der Waals surface area contributed by atoms with E-state index < -0.39 is 0 Å². The van der Waals surface area contributed by atoms with Crippen molar-refractivity contribution in [3.8, 4) is 11.6 Å². The Balaban J connectivity index is 2.19. The van der Waals surface area contributed by atoms with E-state index in [1.165, 1.54) is 0 Å². The number of hydrogen-bond donors (Lipinski definition) is 1. The van der Waals surface area contributed by atoms with Gasteiger partial charge in [-0.2, -0.15) is 4.98 Å². The first-order chi connectivity index (χ1) is 9.31. The van der Waals surface area contributed by atoms with Crippen molar-refractivity contribution in [1.29, 1.82) is 0 Å². The molecule has 0 aromatic carbocycles. The molecule has 0 amide bonds. The van der Waals surface area contributed by atoms with E-state index >= 15 is 0 Å². The van der Waals surface area contributed by atoms with Gasteiger partial charge in [-0.3, -0.25) is 4.98 Å². The summed E-state index contributed by atoms with van der Waals surface area (Å²) in [5.74, 6) is 2.77. The van der Waals surface area contributed by atoms with Crippen LogP contribution in [0.4, 0.5) is 5.82 Å². The van der Waals surface area contributed by atoms with Crippen molar-refractivity contribution in [2.45, 2.75) is 26.7 Å².